The monoisotopic (exact) mass is 596 g/mol. The van der Waals surface area contributed by atoms with Crippen LogP contribution in [0.4, 0.5) is 0 Å². The molecule has 6 nitrogen and oxygen atoms in total. The molecular weight excluding hydrogens is 571 g/mol. The van der Waals surface area contributed by atoms with E-state index in [1.54, 1.807) is 24.3 Å². The number of imide groups is 1. The zero-order valence-electron chi connectivity index (χ0n) is 22.7. The van der Waals surface area contributed by atoms with E-state index in [0.29, 0.717) is 33.7 Å². The fourth-order valence-corrected chi connectivity index (χ4v) is 7.10. The Morgan fingerprint density at radius 3 is 1.86 bits per heavy atom. The molecule has 0 spiro atoms. The van der Waals surface area contributed by atoms with Crippen molar-refractivity contribution in [2.24, 2.45) is 16.9 Å². The van der Waals surface area contributed by atoms with Gasteiger partial charge in [0.15, 0.2) is 11.5 Å². The summed E-state index contributed by atoms with van der Waals surface area (Å²) < 4.78 is 11.8. The van der Waals surface area contributed by atoms with Gasteiger partial charge in [-0.3, -0.25) is 9.59 Å². The average Bonchev–Trinajstić information content (AvgIpc) is 3.26. The summed E-state index contributed by atoms with van der Waals surface area (Å²) in [5, 5.41) is 6.44. The van der Waals surface area contributed by atoms with Crippen LogP contribution in [0.5, 0.6) is 11.5 Å². The molecule has 210 valence electrons. The Morgan fingerprint density at radius 1 is 0.786 bits per heavy atom. The Labute approximate surface area is 253 Å². The third-order valence-corrected chi connectivity index (χ3v) is 8.91. The molecule has 0 unspecified atom stereocenters. The quantitative estimate of drug-likeness (QED) is 0.167. The third-order valence-electron chi connectivity index (χ3n) is 8.38. The Morgan fingerprint density at radius 2 is 1.33 bits per heavy atom. The zero-order valence-corrected chi connectivity index (χ0v) is 24.2. The lowest BCUT2D eigenvalue weighted by Crippen LogP contribution is -2.41. The molecule has 42 heavy (non-hydrogen) atoms. The third kappa shape index (κ3) is 4.29. The first-order valence-corrected chi connectivity index (χ1v) is 14.6. The van der Waals surface area contributed by atoms with Crippen molar-refractivity contribution in [3.05, 3.63) is 128 Å². The molecule has 0 radical (unpaired) electrons. The van der Waals surface area contributed by atoms with Crippen LogP contribution in [0.2, 0.25) is 10.0 Å². The van der Waals surface area contributed by atoms with Gasteiger partial charge >= 0.3 is 0 Å². The highest BCUT2D eigenvalue weighted by atomic mass is 35.5. The number of carbonyl (C=O) groups excluding carboxylic acids is 2. The molecule has 1 saturated heterocycles. The van der Waals surface area contributed by atoms with Crippen LogP contribution in [0.1, 0.15) is 52.1 Å². The fourth-order valence-electron chi connectivity index (χ4n) is 6.70. The van der Waals surface area contributed by atoms with Gasteiger partial charge in [0.05, 0.1) is 29.7 Å². The van der Waals surface area contributed by atoms with Crippen LogP contribution >= 0.6 is 23.2 Å². The number of hydrazone groups is 1. The van der Waals surface area contributed by atoms with Gasteiger partial charge in [-0.05, 0) is 64.6 Å². The molecule has 0 N–H and O–H groups in total. The fraction of sp³-hybridized carbons (Fsp3) is 0.206. The van der Waals surface area contributed by atoms with Crippen molar-refractivity contribution >= 4 is 41.2 Å². The van der Waals surface area contributed by atoms with Crippen LogP contribution in [0.3, 0.4) is 0 Å². The highest BCUT2D eigenvalue weighted by Gasteiger charge is 2.61. The molecule has 4 aromatic carbocycles. The van der Waals surface area contributed by atoms with E-state index in [1.165, 1.54) is 6.21 Å². The number of halogens is 2. The van der Waals surface area contributed by atoms with E-state index < -0.39 is 11.8 Å². The maximum atomic E-state index is 13.8. The van der Waals surface area contributed by atoms with Crippen LogP contribution in [-0.2, 0) is 16.2 Å². The van der Waals surface area contributed by atoms with Gasteiger partial charge in [-0.15, -0.1) is 0 Å². The summed E-state index contributed by atoms with van der Waals surface area (Å²) in [7, 11) is 0. The summed E-state index contributed by atoms with van der Waals surface area (Å²) in [5.74, 6) is -1.06. The minimum Gasteiger partial charge on any atom is -0.490 e. The molecule has 1 fully saturated rings. The maximum Gasteiger partial charge on any atom is 0.254 e. The largest absolute Gasteiger partial charge is 0.490 e. The zero-order chi connectivity index (χ0) is 29.0. The lowest BCUT2D eigenvalue weighted by atomic mass is 9.55. The molecule has 8 heteroatoms. The average molecular weight is 597 g/mol. The lowest BCUT2D eigenvalue weighted by Gasteiger charge is -2.45. The van der Waals surface area contributed by atoms with Crippen LogP contribution < -0.4 is 9.47 Å². The van der Waals surface area contributed by atoms with E-state index >= 15 is 0 Å². The van der Waals surface area contributed by atoms with E-state index in [0.717, 1.165) is 32.8 Å². The van der Waals surface area contributed by atoms with Crippen LogP contribution in [0.15, 0.2) is 90.0 Å². The second-order valence-corrected chi connectivity index (χ2v) is 11.5. The minimum atomic E-state index is -0.490. The standard InChI is InChI=1S/C34H26Cl2N2O4/c1-2-41-27-16-20(15-26(36)32(27)42-18-19-11-13-21(35)14-12-19)17-37-38-33(39)30-28-22-7-3-4-8-23(22)29(31(30)34(38)40)25-10-6-5-9-24(25)28/h3-17,28-31H,2,18H2,1H3/b37-17-/t28?,29?,30-,31-/m0/s1. The molecule has 0 aromatic heterocycles. The van der Waals surface area contributed by atoms with Crippen LogP contribution in [-0.4, -0.2) is 29.6 Å². The summed E-state index contributed by atoms with van der Waals surface area (Å²) >= 11 is 12.6. The molecule has 4 aromatic rings. The van der Waals surface area contributed by atoms with Gasteiger partial charge in [-0.1, -0.05) is 83.9 Å². The predicted octanol–water partition coefficient (Wildman–Crippen LogP) is 7.20. The lowest BCUT2D eigenvalue weighted by molar-refractivity contribution is -0.139. The topological polar surface area (TPSA) is 68.2 Å². The number of benzene rings is 4. The molecule has 1 aliphatic heterocycles. The first kappa shape index (κ1) is 26.7. The van der Waals surface area contributed by atoms with Crippen molar-refractivity contribution in [3.8, 4) is 11.5 Å². The molecule has 2 amide bonds. The van der Waals surface area contributed by atoms with Crippen LogP contribution in [0, 0.1) is 11.8 Å². The molecule has 4 aliphatic rings. The van der Waals surface area contributed by atoms with E-state index in [-0.39, 0.29) is 30.3 Å². The highest BCUT2D eigenvalue weighted by Crippen LogP contribution is 2.61. The number of ether oxygens (including phenoxy) is 2. The number of amides is 2. The van der Waals surface area contributed by atoms with E-state index in [9.17, 15) is 9.59 Å². The minimum absolute atomic E-state index is 0.180. The van der Waals surface area contributed by atoms with Gasteiger partial charge in [-0.25, -0.2) is 0 Å². The Bertz CT molecular complexity index is 1640. The number of rotatable bonds is 7. The predicted molar refractivity (Wildman–Crippen MR) is 161 cm³/mol. The number of nitrogens with zero attached hydrogens (tertiary/aromatic N) is 2. The highest BCUT2D eigenvalue weighted by molar-refractivity contribution is 6.32. The number of hydrogen-bond donors (Lipinski definition) is 0. The molecular formula is C34H26Cl2N2O4. The normalized spacial score (nSPS) is 21.8. The first-order chi connectivity index (χ1) is 20.5. The van der Waals surface area contributed by atoms with Crippen molar-refractivity contribution in [1.82, 2.24) is 5.01 Å². The maximum absolute atomic E-state index is 13.8. The summed E-state index contributed by atoms with van der Waals surface area (Å²) in [4.78, 5) is 27.6. The number of carbonyl (C=O) groups is 2. The van der Waals surface area contributed by atoms with Gasteiger partial charge in [-0.2, -0.15) is 10.1 Å². The van der Waals surface area contributed by atoms with Crippen molar-refractivity contribution in [2.45, 2.75) is 25.4 Å². The van der Waals surface area contributed by atoms with Gasteiger partial charge in [0.25, 0.3) is 11.8 Å². The molecule has 2 bridgehead atoms. The van der Waals surface area contributed by atoms with Gasteiger partial charge in [0, 0.05) is 16.9 Å². The summed E-state index contributed by atoms with van der Waals surface area (Å²) in [6.45, 7) is 2.53. The van der Waals surface area contributed by atoms with Gasteiger partial charge in [0.2, 0.25) is 0 Å². The van der Waals surface area contributed by atoms with Crippen molar-refractivity contribution in [2.75, 3.05) is 6.61 Å². The SMILES string of the molecule is CCOc1cc(/C=N\N2C(=O)[C@H]3C4c5ccccc5C(c5ccccc54)[C@@H]3C2=O)cc(Cl)c1OCc1ccc(Cl)cc1. The molecule has 3 aliphatic carbocycles. The van der Waals surface area contributed by atoms with E-state index in [2.05, 4.69) is 29.4 Å². The summed E-state index contributed by atoms with van der Waals surface area (Å²) in [6, 6.07) is 27.1. The molecule has 0 saturated carbocycles. The Balaban J connectivity index is 1.18. The first-order valence-electron chi connectivity index (χ1n) is 13.9. The molecule has 8 rings (SSSR count). The van der Waals surface area contributed by atoms with Crippen molar-refractivity contribution in [1.29, 1.82) is 0 Å². The number of hydrogen-bond acceptors (Lipinski definition) is 5. The molecule has 1 heterocycles. The second kappa shape index (κ2) is 10.6. The van der Waals surface area contributed by atoms with Crippen molar-refractivity contribution < 1.29 is 19.1 Å². The van der Waals surface area contributed by atoms with Crippen LogP contribution in [0.25, 0.3) is 0 Å². The summed E-state index contributed by atoms with van der Waals surface area (Å²) in [6.07, 6.45) is 1.48. The van der Waals surface area contributed by atoms with E-state index in [4.69, 9.17) is 32.7 Å². The smallest absolute Gasteiger partial charge is 0.254 e. The Kier molecular flexibility index (Phi) is 6.76. The molecule has 2 atom stereocenters. The van der Waals surface area contributed by atoms with E-state index in [1.807, 2.05) is 43.3 Å². The van der Waals surface area contributed by atoms with Gasteiger partial charge in [0.1, 0.15) is 6.61 Å². The Hall–Kier alpha value is -4.13. The summed E-state index contributed by atoms with van der Waals surface area (Å²) in [5.41, 5.74) is 5.99. The van der Waals surface area contributed by atoms with Gasteiger partial charge < -0.3 is 9.47 Å². The second-order valence-electron chi connectivity index (χ2n) is 10.7. The van der Waals surface area contributed by atoms with Crippen molar-refractivity contribution in [3.63, 3.8) is 0 Å².